The molecule has 0 saturated carbocycles. The summed E-state index contributed by atoms with van der Waals surface area (Å²) in [7, 11) is -3.77. The van der Waals surface area contributed by atoms with Gasteiger partial charge in [-0.1, -0.05) is 6.07 Å². The molecule has 8 heteroatoms. The highest BCUT2D eigenvalue weighted by molar-refractivity contribution is 7.98. The van der Waals surface area contributed by atoms with E-state index in [4.69, 9.17) is 4.74 Å². The lowest BCUT2D eigenvalue weighted by atomic mass is 10.2. The Hall–Kier alpha value is -2.97. The van der Waals surface area contributed by atoms with Gasteiger partial charge in [-0.3, -0.25) is 9.52 Å². The van der Waals surface area contributed by atoms with Gasteiger partial charge < -0.3 is 10.1 Å². The average Bonchev–Trinajstić information content (AvgIpc) is 2.75. The minimum Gasteiger partial charge on any atom is -0.494 e. The first-order chi connectivity index (χ1) is 14.4. The van der Waals surface area contributed by atoms with Gasteiger partial charge >= 0.3 is 0 Å². The first-order valence-electron chi connectivity index (χ1n) is 9.22. The smallest absolute Gasteiger partial charge is 0.261 e. The van der Waals surface area contributed by atoms with Crippen LogP contribution in [0, 0.1) is 0 Å². The average molecular weight is 443 g/mol. The highest BCUT2D eigenvalue weighted by Crippen LogP contribution is 2.21. The monoisotopic (exact) mass is 442 g/mol. The molecule has 0 radical (unpaired) electrons. The van der Waals surface area contributed by atoms with Crippen molar-refractivity contribution in [2.45, 2.75) is 16.7 Å². The van der Waals surface area contributed by atoms with Crippen molar-refractivity contribution in [3.05, 3.63) is 78.4 Å². The van der Waals surface area contributed by atoms with Crippen LogP contribution in [0.5, 0.6) is 5.75 Å². The van der Waals surface area contributed by atoms with E-state index in [1.807, 2.05) is 31.4 Å². The molecule has 156 valence electrons. The molecule has 0 bridgehead atoms. The van der Waals surface area contributed by atoms with Gasteiger partial charge in [0.05, 0.1) is 11.5 Å². The zero-order valence-electron chi connectivity index (χ0n) is 16.6. The fraction of sp³-hybridized carbons (Fsp3) is 0.136. The maximum atomic E-state index is 12.6. The Morgan fingerprint density at radius 1 is 0.967 bits per heavy atom. The number of sulfonamides is 1. The molecular weight excluding hydrogens is 420 g/mol. The summed E-state index contributed by atoms with van der Waals surface area (Å²) >= 11 is 1.58. The summed E-state index contributed by atoms with van der Waals surface area (Å²) < 4.78 is 33.1. The number of anilines is 2. The SMILES string of the molecule is CCOc1ccc(NS(=O)(=O)c2ccc(C(=O)Nc3cccc(SC)c3)cc2)cc1. The Balaban J connectivity index is 1.69. The van der Waals surface area contributed by atoms with Crippen LogP contribution < -0.4 is 14.8 Å². The number of hydrogen-bond donors (Lipinski definition) is 2. The number of amides is 1. The van der Waals surface area contributed by atoms with Gasteiger partial charge in [-0.2, -0.15) is 0 Å². The number of ether oxygens (including phenoxy) is 1. The van der Waals surface area contributed by atoms with Crippen molar-refractivity contribution >= 4 is 39.1 Å². The van der Waals surface area contributed by atoms with Crippen LogP contribution in [-0.2, 0) is 10.0 Å². The molecule has 0 aliphatic heterocycles. The van der Waals surface area contributed by atoms with Crippen LogP contribution in [0.25, 0.3) is 0 Å². The van der Waals surface area contributed by atoms with Gasteiger partial charge in [0, 0.05) is 21.8 Å². The first-order valence-corrected chi connectivity index (χ1v) is 11.9. The lowest BCUT2D eigenvalue weighted by Crippen LogP contribution is -2.14. The van der Waals surface area contributed by atoms with E-state index >= 15 is 0 Å². The number of nitrogens with one attached hydrogen (secondary N) is 2. The van der Waals surface area contributed by atoms with Crippen LogP contribution in [0.3, 0.4) is 0 Å². The molecule has 0 aliphatic rings. The van der Waals surface area contributed by atoms with E-state index in [1.165, 1.54) is 24.3 Å². The molecule has 6 nitrogen and oxygen atoms in total. The quantitative estimate of drug-likeness (QED) is 0.487. The van der Waals surface area contributed by atoms with Gasteiger partial charge in [0.2, 0.25) is 0 Å². The molecule has 0 aliphatic carbocycles. The molecule has 0 saturated heterocycles. The second kappa shape index (κ2) is 9.69. The molecule has 30 heavy (non-hydrogen) atoms. The van der Waals surface area contributed by atoms with Crippen LogP contribution in [0.2, 0.25) is 0 Å². The van der Waals surface area contributed by atoms with Crippen molar-refractivity contribution < 1.29 is 17.9 Å². The molecule has 2 N–H and O–H groups in total. The lowest BCUT2D eigenvalue weighted by Gasteiger charge is -2.10. The molecular formula is C22H22N2O4S2. The van der Waals surface area contributed by atoms with Crippen LogP contribution in [0.15, 0.2) is 82.6 Å². The molecule has 0 unspecified atom stereocenters. The summed E-state index contributed by atoms with van der Waals surface area (Å²) in [5.41, 5.74) is 1.47. The number of hydrogen-bond acceptors (Lipinski definition) is 5. The van der Waals surface area contributed by atoms with Gasteiger partial charge in [-0.25, -0.2) is 8.42 Å². The molecule has 0 atom stereocenters. The molecule has 0 heterocycles. The molecule has 1 amide bonds. The molecule has 0 spiro atoms. The summed E-state index contributed by atoms with van der Waals surface area (Å²) in [4.78, 5) is 13.6. The summed E-state index contributed by atoms with van der Waals surface area (Å²) in [6.45, 7) is 2.41. The van der Waals surface area contributed by atoms with Crippen molar-refractivity contribution in [1.82, 2.24) is 0 Å². The van der Waals surface area contributed by atoms with Gasteiger partial charge in [-0.05, 0) is 79.9 Å². The Labute approximate surface area is 180 Å². The van der Waals surface area contributed by atoms with E-state index in [0.29, 0.717) is 29.3 Å². The minimum atomic E-state index is -3.77. The zero-order chi connectivity index (χ0) is 21.6. The molecule has 3 aromatic rings. The maximum absolute atomic E-state index is 12.6. The number of rotatable bonds is 8. The predicted molar refractivity (Wildman–Crippen MR) is 121 cm³/mol. The van der Waals surface area contributed by atoms with E-state index in [9.17, 15) is 13.2 Å². The lowest BCUT2D eigenvalue weighted by molar-refractivity contribution is 0.102. The van der Waals surface area contributed by atoms with Crippen molar-refractivity contribution in [3.63, 3.8) is 0 Å². The van der Waals surface area contributed by atoms with Gasteiger partial charge in [0.15, 0.2) is 0 Å². The second-order valence-electron chi connectivity index (χ2n) is 6.27. The number of benzene rings is 3. The fourth-order valence-electron chi connectivity index (χ4n) is 2.69. The van der Waals surface area contributed by atoms with Crippen LogP contribution >= 0.6 is 11.8 Å². The number of carbonyl (C=O) groups is 1. The molecule has 0 fully saturated rings. The van der Waals surface area contributed by atoms with Gasteiger partial charge in [0.25, 0.3) is 15.9 Å². The van der Waals surface area contributed by atoms with E-state index in [1.54, 1.807) is 42.1 Å². The Bertz CT molecular complexity index is 1110. The summed E-state index contributed by atoms with van der Waals surface area (Å²) in [5, 5.41) is 2.82. The van der Waals surface area contributed by atoms with Crippen molar-refractivity contribution in [1.29, 1.82) is 0 Å². The zero-order valence-corrected chi connectivity index (χ0v) is 18.2. The minimum absolute atomic E-state index is 0.0670. The van der Waals surface area contributed by atoms with Crippen LogP contribution in [0.4, 0.5) is 11.4 Å². The maximum Gasteiger partial charge on any atom is 0.261 e. The van der Waals surface area contributed by atoms with E-state index in [2.05, 4.69) is 10.0 Å². The van der Waals surface area contributed by atoms with E-state index < -0.39 is 10.0 Å². The van der Waals surface area contributed by atoms with Crippen molar-refractivity contribution in [3.8, 4) is 5.75 Å². The molecule has 0 aromatic heterocycles. The highest BCUT2D eigenvalue weighted by Gasteiger charge is 2.15. The highest BCUT2D eigenvalue weighted by atomic mass is 32.2. The standard InChI is InChI=1S/C22H22N2O4S2/c1-3-28-19-11-9-17(10-12-19)24-30(26,27)21-13-7-16(8-14-21)22(25)23-18-5-4-6-20(15-18)29-2/h4-15,24H,3H2,1-2H3,(H,23,25). The third kappa shape index (κ3) is 5.55. The van der Waals surface area contributed by atoms with Crippen LogP contribution in [0.1, 0.15) is 17.3 Å². The van der Waals surface area contributed by atoms with Crippen LogP contribution in [-0.4, -0.2) is 27.2 Å². The number of carbonyl (C=O) groups excluding carboxylic acids is 1. The van der Waals surface area contributed by atoms with Crippen molar-refractivity contribution in [2.24, 2.45) is 0 Å². The Kier molecular flexibility index (Phi) is 7.02. The second-order valence-corrected chi connectivity index (χ2v) is 8.84. The third-order valence-corrected chi connectivity index (χ3v) is 6.29. The number of thioether (sulfide) groups is 1. The summed E-state index contributed by atoms with van der Waals surface area (Å²) in [6, 6.07) is 19.9. The predicted octanol–water partition coefficient (Wildman–Crippen LogP) is 4.86. The Morgan fingerprint density at radius 2 is 1.67 bits per heavy atom. The first kappa shape index (κ1) is 21.7. The molecule has 3 aromatic carbocycles. The van der Waals surface area contributed by atoms with E-state index in [0.717, 1.165) is 4.90 Å². The van der Waals surface area contributed by atoms with E-state index in [-0.39, 0.29) is 10.8 Å². The van der Waals surface area contributed by atoms with Gasteiger partial charge in [-0.15, -0.1) is 11.8 Å². The Morgan fingerprint density at radius 3 is 2.30 bits per heavy atom. The molecule has 3 rings (SSSR count). The van der Waals surface area contributed by atoms with Gasteiger partial charge in [0.1, 0.15) is 5.75 Å². The largest absolute Gasteiger partial charge is 0.494 e. The van der Waals surface area contributed by atoms with Crippen molar-refractivity contribution in [2.75, 3.05) is 22.9 Å². The topological polar surface area (TPSA) is 84.5 Å². The summed E-state index contributed by atoms with van der Waals surface area (Å²) in [6.07, 6.45) is 1.96. The fourth-order valence-corrected chi connectivity index (χ4v) is 4.21. The third-order valence-electron chi connectivity index (χ3n) is 4.17. The summed E-state index contributed by atoms with van der Waals surface area (Å²) in [5.74, 6) is 0.357. The normalized spacial score (nSPS) is 11.0.